The lowest BCUT2D eigenvalue weighted by Gasteiger charge is -2.19. The minimum Gasteiger partial charge on any atom is -0.444 e. The first-order valence-corrected chi connectivity index (χ1v) is 9.79. The Morgan fingerprint density at radius 2 is 1.79 bits per heavy atom. The van der Waals surface area contributed by atoms with Crippen molar-refractivity contribution in [3.05, 3.63) is 52.2 Å². The number of thiophene rings is 1. The van der Waals surface area contributed by atoms with Crippen LogP contribution in [0.2, 0.25) is 0 Å². The summed E-state index contributed by atoms with van der Waals surface area (Å²) in [4.78, 5) is 36.5. The normalized spacial score (nSPS) is 10.8. The molecule has 150 valence electrons. The van der Waals surface area contributed by atoms with Crippen molar-refractivity contribution in [1.82, 2.24) is 10.6 Å². The molecule has 0 radical (unpaired) electrons. The molecule has 1 heterocycles. The van der Waals surface area contributed by atoms with E-state index in [-0.39, 0.29) is 24.8 Å². The number of carbonyl (C=O) groups is 3. The van der Waals surface area contributed by atoms with Crippen molar-refractivity contribution in [3.8, 4) is 0 Å². The SMILES string of the molecule is CC(C)(C)OC(=O)NCCC(=O)Nc1ccccc1CNC(=O)c1cccs1. The second kappa shape index (κ2) is 9.89. The quantitative estimate of drug-likeness (QED) is 0.659. The summed E-state index contributed by atoms with van der Waals surface area (Å²) < 4.78 is 5.12. The largest absolute Gasteiger partial charge is 0.444 e. The Hall–Kier alpha value is -2.87. The molecule has 0 saturated heterocycles. The van der Waals surface area contributed by atoms with Crippen molar-refractivity contribution in [3.63, 3.8) is 0 Å². The third-order valence-electron chi connectivity index (χ3n) is 3.50. The van der Waals surface area contributed by atoms with Crippen LogP contribution < -0.4 is 16.0 Å². The van der Waals surface area contributed by atoms with Gasteiger partial charge in [0, 0.05) is 25.2 Å². The van der Waals surface area contributed by atoms with E-state index in [1.165, 1.54) is 11.3 Å². The molecular formula is C20H25N3O4S. The third-order valence-corrected chi connectivity index (χ3v) is 4.36. The van der Waals surface area contributed by atoms with Crippen molar-refractivity contribution >= 4 is 34.9 Å². The molecule has 1 aromatic heterocycles. The second-order valence-electron chi connectivity index (χ2n) is 7.04. The smallest absolute Gasteiger partial charge is 0.407 e. The van der Waals surface area contributed by atoms with Crippen LogP contribution in [0.3, 0.4) is 0 Å². The van der Waals surface area contributed by atoms with E-state index >= 15 is 0 Å². The van der Waals surface area contributed by atoms with E-state index in [2.05, 4.69) is 16.0 Å². The van der Waals surface area contributed by atoms with Crippen LogP contribution in [0, 0.1) is 0 Å². The topological polar surface area (TPSA) is 96.5 Å². The molecule has 0 aliphatic rings. The van der Waals surface area contributed by atoms with Crippen molar-refractivity contribution in [1.29, 1.82) is 0 Å². The van der Waals surface area contributed by atoms with Crippen LogP contribution in [-0.4, -0.2) is 30.1 Å². The number of para-hydroxylation sites is 1. The van der Waals surface area contributed by atoms with Crippen LogP contribution in [0.5, 0.6) is 0 Å². The lowest BCUT2D eigenvalue weighted by atomic mass is 10.1. The summed E-state index contributed by atoms with van der Waals surface area (Å²) in [6.07, 6.45) is -0.452. The summed E-state index contributed by atoms with van der Waals surface area (Å²) in [5.74, 6) is -0.397. The van der Waals surface area contributed by atoms with E-state index in [4.69, 9.17) is 4.74 Å². The maximum Gasteiger partial charge on any atom is 0.407 e. The molecule has 0 aliphatic heterocycles. The Morgan fingerprint density at radius 3 is 2.46 bits per heavy atom. The van der Waals surface area contributed by atoms with E-state index < -0.39 is 11.7 Å². The summed E-state index contributed by atoms with van der Waals surface area (Å²) >= 11 is 1.37. The van der Waals surface area contributed by atoms with Gasteiger partial charge in [-0.05, 0) is 43.8 Å². The minimum absolute atomic E-state index is 0.106. The predicted octanol–water partition coefficient (Wildman–Crippen LogP) is 3.53. The van der Waals surface area contributed by atoms with Gasteiger partial charge in [-0.25, -0.2) is 4.79 Å². The highest BCUT2D eigenvalue weighted by molar-refractivity contribution is 7.12. The summed E-state index contributed by atoms with van der Waals surface area (Å²) in [6.45, 7) is 5.77. The lowest BCUT2D eigenvalue weighted by Crippen LogP contribution is -2.34. The lowest BCUT2D eigenvalue weighted by molar-refractivity contribution is -0.116. The average molecular weight is 404 g/mol. The molecule has 7 nitrogen and oxygen atoms in total. The highest BCUT2D eigenvalue weighted by Gasteiger charge is 2.16. The fourth-order valence-corrected chi connectivity index (χ4v) is 2.91. The van der Waals surface area contributed by atoms with Gasteiger partial charge >= 0.3 is 6.09 Å². The predicted molar refractivity (Wildman–Crippen MR) is 109 cm³/mol. The molecule has 3 amide bonds. The molecular weight excluding hydrogens is 378 g/mol. The van der Waals surface area contributed by atoms with Crippen LogP contribution in [0.25, 0.3) is 0 Å². The van der Waals surface area contributed by atoms with Crippen LogP contribution in [-0.2, 0) is 16.1 Å². The molecule has 0 fully saturated rings. The average Bonchev–Trinajstić information content (AvgIpc) is 3.14. The van der Waals surface area contributed by atoms with Gasteiger partial charge < -0.3 is 20.7 Å². The second-order valence-corrected chi connectivity index (χ2v) is 7.99. The van der Waals surface area contributed by atoms with Gasteiger partial charge in [-0.15, -0.1) is 11.3 Å². The van der Waals surface area contributed by atoms with E-state index in [1.54, 1.807) is 39.0 Å². The van der Waals surface area contributed by atoms with Crippen LogP contribution in [0.1, 0.15) is 42.4 Å². The molecule has 0 saturated carbocycles. The zero-order chi connectivity index (χ0) is 20.6. The standard InChI is InChI=1S/C20H25N3O4S/c1-20(2,3)27-19(26)21-11-10-17(24)23-15-8-5-4-7-14(15)13-22-18(25)16-9-6-12-28-16/h4-9,12H,10-11,13H2,1-3H3,(H,21,26)(H,22,25)(H,23,24). The first-order valence-electron chi connectivity index (χ1n) is 8.91. The van der Waals surface area contributed by atoms with Gasteiger partial charge in [-0.3, -0.25) is 9.59 Å². The molecule has 0 spiro atoms. The maximum atomic E-state index is 12.2. The van der Waals surface area contributed by atoms with Crippen LogP contribution >= 0.6 is 11.3 Å². The van der Waals surface area contributed by atoms with Gasteiger partial charge in [0.15, 0.2) is 0 Å². The molecule has 2 aromatic rings. The van der Waals surface area contributed by atoms with Crippen molar-refractivity contribution in [2.75, 3.05) is 11.9 Å². The molecule has 1 aromatic carbocycles. The fourth-order valence-electron chi connectivity index (χ4n) is 2.27. The first kappa shape index (κ1) is 21.4. The Balaban J connectivity index is 1.82. The van der Waals surface area contributed by atoms with Gasteiger partial charge in [0.25, 0.3) is 5.91 Å². The first-order chi connectivity index (χ1) is 13.2. The zero-order valence-electron chi connectivity index (χ0n) is 16.2. The van der Waals surface area contributed by atoms with Gasteiger partial charge in [-0.2, -0.15) is 0 Å². The monoisotopic (exact) mass is 403 g/mol. The van der Waals surface area contributed by atoms with E-state index in [9.17, 15) is 14.4 Å². The number of hydrogen-bond donors (Lipinski definition) is 3. The minimum atomic E-state index is -0.584. The summed E-state index contributed by atoms with van der Waals surface area (Å²) in [7, 11) is 0. The van der Waals surface area contributed by atoms with E-state index in [0.29, 0.717) is 17.1 Å². The van der Waals surface area contributed by atoms with Crippen molar-refractivity contribution < 1.29 is 19.1 Å². The summed E-state index contributed by atoms with van der Waals surface area (Å²) in [5, 5.41) is 10.0. The molecule has 0 bridgehead atoms. The summed E-state index contributed by atoms with van der Waals surface area (Å²) in [6, 6.07) is 10.8. The number of nitrogens with one attached hydrogen (secondary N) is 3. The van der Waals surface area contributed by atoms with E-state index in [1.807, 2.05) is 23.6 Å². The molecule has 28 heavy (non-hydrogen) atoms. The Kier molecular flexibility index (Phi) is 7.57. The van der Waals surface area contributed by atoms with Crippen LogP contribution in [0.4, 0.5) is 10.5 Å². The maximum absolute atomic E-state index is 12.2. The Morgan fingerprint density at radius 1 is 1.04 bits per heavy atom. The molecule has 0 atom stereocenters. The highest BCUT2D eigenvalue weighted by atomic mass is 32.1. The van der Waals surface area contributed by atoms with Gasteiger partial charge in [0.2, 0.25) is 5.91 Å². The zero-order valence-corrected chi connectivity index (χ0v) is 17.0. The number of benzene rings is 1. The number of anilines is 1. The van der Waals surface area contributed by atoms with Gasteiger partial charge in [-0.1, -0.05) is 24.3 Å². The third kappa shape index (κ3) is 7.40. The molecule has 0 unspecified atom stereocenters. The van der Waals surface area contributed by atoms with Gasteiger partial charge in [0.1, 0.15) is 5.60 Å². The number of alkyl carbamates (subject to hydrolysis) is 1. The van der Waals surface area contributed by atoms with Crippen LogP contribution in [0.15, 0.2) is 41.8 Å². The Bertz CT molecular complexity index is 813. The number of carbonyl (C=O) groups excluding carboxylic acids is 3. The fraction of sp³-hybridized carbons (Fsp3) is 0.350. The van der Waals surface area contributed by atoms with Crippen molar-refractivity contribution in [2.24, 2.45) is 0 Å². The van der Waals surface area contributed by atoms with E-state index in [0.717, 1.165) is 5.56 Å². The Labute approximate surface area is 168 Å². The highest BCUT2D eigenvalue weighted by Crippen LogP contribution is 2.16. The number of hydrogen-bond acceptors (Lipinski definition) is 5. The number of amides is 3. The number of rotatable bonds is 7. The molecule has 8 heteroatoms. The number of ether oxygens (including phenoxy) is 1. The van der Waals surface area contributed by atoms with Gasteiger partial charge in [0.05, 0.1) is 4.88 Å². The molecule has 2 rings (SSSR count). The summed E-state index contributed by atoms with van der Waals surface area (Å²) in [5.41, 5.74) is 0.829. The molecule has 3 N–H and O–H groups in total. The molecule has 0 aliphatic carbocycles. The van der Waals surface area contributed by atoms with Crippen molar-refractivity contribution in [2.45, 2.75) is 39.3 Å².